The second-order valence-electron chi connectivity index (χ2n) is 1.65. The van der Waals surface area contributed by atoms with Gasteiger partial charge in [-0.2, -0.15) is 0 Å². The van der Waals surface area contributed by atoms with Crippen molar-refractivity contribution in [3.05, 3.63) is 25.3 Å². The molecular weight excluding hydrogens is 100 g/mol. The molecular formula is C7H12O. The Labute approximate surface area is 50.3 Å². The molecule has 0 bridgehead atoms. The Kier molecular flexibility index (Phi) is 4.27. The third-order valence-electron chi connectivity index (χ3n) is 1.07. The molecule has 0 saturated carbocycles. The van der Waals surface area contributed by atoms with Crippen LogP contribution in [0.5, 0.6) is 0 Å². The summed E-state index contributed by atoms with van der Waals surface area (Å²) in [6, 6.07) is 0. The Balaban J connectivity index is 3.35. The highest BCUT2D eigenvalue weighted by Gasteiger charge is 1.93. The highest BCUT2D eigenvalue weighted by molar-refractivity contribution is 4.91. The number of hydrogen-bond donors (Lipinski definition) is 1. The van der Waals surface area contributed by atoms with Crippen molar-refractivity contribution >= 4 is 0 Å². The van der Waals surface area contributed by atoms with Crippen LogP contribution in [0, 0.1) is 5.92 Å². The van der Waals surface area contributed by atoms with Crippen LogP contribution < -0.4 is 0 Å². The van der Waals surface area contributed by atoms with Gasteiger partial charge >= 0.3 is 0 Å². The third kappa shape index (κ3) is 2.59. The van der Waals surface area contributed by atoms with Gasteiger partial charge in [-0.1, -0.05) is 12.2 Å². The van der Waals surface area contributed by atoms with E-state index in [1.807, 2.05) is 0 Å². The van der Waals surface area contributed by atoms with E-state index in [9.17, 15) is 0 Å². The number of hydrogen-bond acceptors (Lipinski definition) is 1. The lowest BCUT2D eigenvalue weighted by atomic mass is 10.1. The fourth-order valence-corrected chi connectivity index (χ4v) is 0.481. The summed E-state index contributed by atoms with van der Waals surface area (Å²) in [5, 5.41) is 8.40. The summed E-state index contributed by atoms with van der Waals surface area (Å²) in [6.45, 7) is 7.35. The molecule has 0 radical (unpaired) electrons. The Morgan fingerprint density at radius 1 is 1.38 bits per heavy atom. The highest BCUT2D eigenvalue weighted by atomic mass is 16.2. The van der Waals surface area contributed by atoms with Crippen LogP contribution in [0.15, 0.2) is 25.3 Å². The van der Waals surface area contributed by atoms with Gasteiger partial charge in [-0.25, -0.2) is 0 Å². The smallest absolute Gasteiger partial charge is 0.0439 e. The van der Waals surface area contributed by atoms with Crippen molar-refractivity contribution in [2.45, 2.75) is 6.42 Å². The summed E-state index contributed by atoms with van der Waals surface area (Å²) < 4.78 is 0. The zero-order valence-electron chi connectivity index (χ0n) is 5.01. The fourth-order valence-electron chi connectivity index (χ4n) is 0.481. The van der Waals surface area contributed by atoms with Gasteiger partial charge in [0.1, 0.15) is 0 Å². The monoisotopic (exact) mass is 112 g/mol. The molecule has 0 unspecified atom stereocenters. The van der Waals surface area contributed by atoms with Gasteiger partial charge in [-0.05, 0) is 12.3 Å². The largest absolute Gasteiger partial charge is 0.396 e. The number of rotatable bonds is 4. The highest BCUT2D eigenvalue weighted by Crippen LogP contribution is 2.02. The van der Waals surface area contributed by atoms with Crippen LogP contribution in [0.1, 0.15) is 6.42 Å². The summed E-state index contributed by atoms with van der Waals surface area (Å²) >= 11 is 0. The lowest BCUT2D eigenvalue weighted by Gasteiger charge is -2.00. The lowest BCUT2D eigenvalue weighted by Crippen LogP contribution is -1.93. The second-order valence-corrected chi connectivity index (χ2v) is 1.65. The SMILES string of the molecule is C=CC(C=C)CCO. The molecule has 0 rings (SSSR count). The maximum atomic E-state index is 8.40. The average Bonchev–Trinajstić information content (AvgIpc) is 1.83. The first-order chi connectivity index (χ1) is 3.85. The summed E-state index contributed by atoms with van der Waals surface area (Å²) in [4.78, 5) is 0. The minimum absolute atomic E-state index is 0.211. The van der Waals surface area contributed by atoms with Crippen molar-refractivity contribution in [3.8, 4) is 0 Å². The van der Waals surface area contributed by atoms with Crippen LogP contribution in [0.2, 0.25) is 0 Å². The van der Waals surface area contributed by atoms with E-state index < -0.39 is 0 Å². The van der Waals surface area contributed by atoms with Crippen molar-refractivity contribution in [1.82, 2.24) is 0 Å². The molecule has 0 aliphatic carbocycles. The summed E-state index contributed by atoms with van der Waals surface area (Å²) in [7, 11) is 0. The Morgan fingerprint density at radius 3 is 2.00 bits per heavy atom. The van der Waals surface area contributed by atoms with E-state index in [0.29, 0.717) is 0 Å². The Hall–Kier alpha value is -0.560. The quantitative estimate of drug-likeness (QED) is 0.544. The van der Waals surface area contributed by atoms with E-state index in [1.54, 1.807) is 12.2 Å². The minimum Gasteiger partial charge on any atom is -0.396 e. The fraction of sp³-hybridized carbons (Fsp3) is 0.429. The molecule has 0 aromatic heterocycles. The summed E-state index contributed by atoms with van der Waals surface area (Å²) in [5.74, 6) is 0.278. The second kappa shape index (κ2) is 4.60. The molecule has 0 spiro atoms. The summed E-state index contributed by atoms with van der Waals surface area (Å²) in [5.41, 5.74) is 0. The van der Waals surface area contributed by atoms with Crippen molar-refractivity contribution in [3.63, 3.8) is 0 Å². The van der Waals surface area contributed by atoms with Gasteiger partial charge in [0.25, 0.3) is 0 Å². The summed E-state index contributed by atoms with van der Waals surface area (Å²) in [6.07, 6.45) is 4.30. The van der Waals surface area contributed by atoms with Crippen molar-refractivity contribution in [2.24, 2.45) is 5.92 Å². The van der Waals surface area contributed by atoms with Gasteiger partial charge in [-0.15, -0.1) is 13.2 Å². The first kappa shape index (κ1) is 7.44. The zero-order chi connectivity index (χ0) is 6.41. The third-order valence-corrected chi connectivity index (χ3v) is 1.07. The average molecular weight is 112 g/mol. The zero-order valence-corrected chi connectivity index (χ0v) is 5.01. The predicted octanol–water partition coefficient (Wildman–Crippen LogP) is 1.36. The van der Waals surface area contributed by atoms with Gasteiger partial charge in [0.15, 0.2) is 0 Å². The molecule has 0 aromatic carbocycles. The number of allylic oxidation sites excluding steroid dienone is 2. The molecule has 1 heteroatoms. The molecule has 1 nitrogen and oxygen atoms in total. The molecule has 0 atom stereocenters. The van der Waals surface area contributed by atoms with Gasteiger partial charge in [-0.3, -0.25) is 0 Å². The molecule has 1 N–H and O–H groups in total. The van der Waals surface area contributed by atoms with E-state index in [4.69, 9.17) is 5.11 Å². The molecule has 0 fully saturated rings. The normalized spacial score (nSPS) is 9.25. The van der Waals surface area contributed by atoms with E-state index in [2.05, 4.69) is 13.2 Å². The van der Waals surface area contributed by atoms with E-state index in [0.717, 1.165) is 6.42 Å². The van der Waals surface area contributed by atoms with Gasteiger partial charge < -0.3 is 5.11 Å². The van der Waals surface area contributed by atoms with Crippen molar-refractivity contribution in [2.75, 3.05) is 6.61 Å². The molecule has 0 aliphatic rings. The first-order valence-corrected chi connectivity index (χ1v) is 2.71. The maximum absolute atomic E-state index is 8.40. The van der Waals surface area contributed by atoms with Crippen LogP contribution in [0.3, 0.4) is 0 Å². The van der Waals surface area contributed by atoms with E-state index in [1.165, 1.54) is 0 Å². The molecule has 0 aromatic rings. The van der Waals surface area contributed by atoms with Crippen molar-refractivity contribution in [1.29, 1.82) is 0 Å². The first-order valence-electron chi connectivity index (χ1n) is 2.71. The van der Waals surface area contributed by atoms with Gasteiger partial charge in [0.2, 0.25) is 0 Å². The minimum atomic E-state index is 0.211. The van der Waals surface area contributed by atoms with E-state index in [-0.39, 0.29) is 12.5 Å². The standard InChI is InChI=1S/C7H12O/c1-3-7(4-2)5-6-8/h3-4,7-8H,1-2,5-6H2. The number of aliphatic hydroxyl groups is 1. The van der Waals surface area contributed by atoms with E-state index >= 15 is 0 Å². The van der Waals surface area contributed by atoms with Crippen molar-refractivity contribution < 1.29 is 5.11 Å². The molecule has 8 heavy (non-hydrogen) atoms. The van der Waals surface area contributed by atoms with Gasteiger partial charge in [0.05, 0.1) is 0 Å². The topological polar surface area (TPSA) is 20.2 Å². The maximum Gasteiger partial charge on any atom is 0.0439 e. The molecule has 0 aliphatic heterocycles. The molecule has 0 heterocycles. The van der Waals surface area contributed by atoms with Crippen LogP contribution in [0.25, 0.3) is 0 Å². The molecule has 0 saturated heterocycles. The molecule has 0 amide bonds. The van der Waals surface area contributed by atoms with Gasteiger partial charge in [0, 0.05) is 6.61 Å². The number of aliphatic hydroxyl groups excluding tert-OH is 1. The van der Waals surface area contributed by atoms with Crippen LogP contribution in [0.4, 0.5) is 0 Å². The van der Waals surface area contributed by atoms with Crippen LogP contribution >= 0.6 is 0 Å². The van der Waals surface area contributed by atoms with Crippen LogP contribution in [-0.2, 0) is 0 Å². The Bertz CT molecular complexity index is 68.5. The molecule has 46 valence electrons. The van der Waals surface area contributed by atoms with Crippen LogP contribution in [-0.4, -0.2) is 11.7 Å². The predicted molar refractivity (Wildman–Crippen MR) is 35.6 cm³/mol. The Morgan fingerprint density at radius 2 is 1.88 bits per heavy atom. The lowest BCUT2D eigenvalue weighted by molar-refractivity contribution is 0.279.